The minimum absolute atomic E-state index is 0.347. The quantitative estimate of drug-likeness (QED) is 0.795. The van der Waals surface area contributed by atoms with E-state index in [1.807, 2.05) is 46.1 Å². The van der Waals surface area contributed by atoms with E-state index in [0.29, 0.717) is 17.8 Å². The smallest absolute Gasteiger partial charge is 0.426 e. The van der Waals surface area contributed by atoms with Crippen LogP contribution in [0.25, 0.3) is 5.52 Å². The van der Waals surface area contributed by atoms with Crippen molar-refractivity contribution < 1.29 is 9.53 Å². The molecule has 0 saturated heterocycles. The standard InChI is InChI=1S/C18H30N6O2/c1-8-13(9-2)22(6)16-19-15(14-11-10-12-24(14)20-16)23(7)21-17(25)26-18(3,4)5/h10-13H,8-9H2,1-7H3,(H,21,25). The first-order valence-corrected chi connectivity index (χ1v) is 8.97. The van der Waals surface area contributed by atoms with E-state index in [9.17, 15) is 4.79 Å². The number of aromatic nitrogens is 3. The van der Waals surface area contributed by atoms with Crippen LogP contribution in [0.1, 0.15) is 47.5 Å². The molecule has 0 radical (unpaired) electrons. The Morgan fingerprint density at radius 3 is 2.54 bits per heavy atom. The lowest BCUT2D eigenvalue weighted by Crippen LogP contribution is -2.43. The summed E-state index contributed by atoms with van der Waals surface area (Å²) in [5.41, 5.74) is 2.94. The maximum absolute atomic E-state index is 12.1. The summed E-state index contributed by atoms with van der Waals surface area (Å²) in [5, 5.41) is 6.16. The van der Waals surface area contributed by atoms with Crippen molar-refractivity contribution in [3.8, 4) is 0 Å². The molecule has 2 aromatic rings. The average Bonchev–Trinajstić information content (AvgIpc) is 3.01. The second kappa shape index (κ2) is 7.80. The van der Waals surface area contributed by atoms with Crippen molar-refractivity contribution in [3.63, 3.8) is 0 Å². The zero-order chi connectivity index (χ0) is 19.5. The van der Waals surface area contributed by atoms with Crippen molar-refractivity contribution >= 4 is 23.4 Å². The lowest BCUT2D eigenvalue weighted by molar-refractivity contribution is 0.0524. The van der Waals surface area contributed by atoms with Gasteiger partial charge in [0.25, 0.3) is 0 Å². The molecule has 1 amide bonds. The summed E-state index contributed by atoms with van der Waals surface area (Å²) >= 11 is 0. The van der Waals surface area contributed by atoms with Gasteiger partial charge >= 0.3 is 6.09 Å². The molecular formula is C18H30N6O2. The van der Waals surface area contributed by atoms with Crippen LogP contribution in [-0.4, -0.2) is 46.4 Å². The molecule has 0 atom stereocenters. The molecule has 0 unspecified atom stereocenters. The molecule has 0 bridgehead atoms. The molecular weight excluding hydrogens is 332 g/mol. The van der Waals surface area contributed by atoms with E-state index < -0.39 is 11.7 Å². The molecule has 0 spiro atoms. The van der Waals surface area contributed by atoms with Crippen LogP contribution in [-0.2, 0) is 4.74 Å². The number of fused-ring (bicyclic) bond motifs is 1. The summed E-state index contributed by atoms with van der Waals surface area (Å²) < 4.78 is 7.09. The van der Waals surface area contributed by atoms with Crippen molar-refractivity contribution in [2.75, 3.05) is 24.0 Å². The highest BCUT2D eigenvalue weighted by Gasteiger charge is 2.21. The number of hydrazine groups is 1. The van der Waals surface area contributed by atoms with E-state index in [4.69, 9.17) is 4.74 Å². The number of nitrogens with zero attached hydrogens (tertiary/aromatic N) is 5. The predicted octanol–water partition coefficient (Wildman–Crippen LogP) is 3.23. The second-order valence-corrected chi connectivity index (χ2v) is 7.33. The van der Waals surface area contributed by atoms with Crippen molar-refractivity contribution in [1.82, 2.24) is 20.0 Å². The van der Waals surface area contributed by atoms with Crippen LogP contribution in [0.3, 0.4) is 0 Å². The Morgan fingerprint density at radius 2 is 1.96 bits per heavy atom. The first-order chi connectivity index (χ1) is 12.2. The number of hydrogen-bond acceptors (Lipinski definition) is 6. The van der Waals surface area contributed by atoms with Crippen molar-refractivity contribution in [3.05, 3.63) is 18.3 Å². The summed E-state index contributed by atoms with van der Waals surface area (Å²) in [7, 11) is 3.73. The van der Waals surface area contributed by atoms with Gasteiger partial charge in [0, 0.05) is 26.3 Å². The fourth-order valence-electron chi connectivity index (χ4n) is 2.79. The summed E-state index contributed by atoms with van der Waals surface area (Å²) in [6, 6.07) is 4.15. The molecule has 2 heterocycles. The fourth-order valence-corrected chi connectivity index (χ4v) is 2.79. The molecule has 8 nitrogen and oxygen atoms in total. The third kappa shape index (κ3) is 4.56. The predicted molar refractivity (Wildman–Crippen MR) is 104 cm³/mol. The Balaban J connectivity index is 2.33. The third-order valence-corrected chi connectivity index (χ3v) is 4.14. The van der Waals surface area contributed by atoms with Crippen molar-refractivity contribution in [1.29, 1.82) is 0 Å². The van der Waals surface area contributed by atoms with Crippen LogP contribution >= 0.6 is 0 Å². The molecule has 8 heteroatoms. The van der Waals surface area contributed by atoms with Gasteiger partial charge in [-0.2, -0.15) is 4.98 Å². The summed E-state index contributed by atoms with van der Waals surface area (Å²) in [4.78, 5) is 18.9. The van der Waals surface area contributed by atoms with Gasteiger partial charge in [-0.15, -0.1) is 5.10 Å². The Kier molecular flexibility index (Phi) is 5.94. The van der Waals surface area contributed by atoms with Gasteiger partial charge in [-0.05, 0) is 45.7 Å². The minimum Gasteiger partial charge on any atom is -0.443 e. The van der Waals surface area contributed by atoms with E-state index in [-0.39, 0.29) is 0 Å². The first kappa shape index (κ1) is 19.8. The van der Waals surface area contributed by atoms with E-state index in [1.54, 1.807) is 16.6 Å². The number of carbonyl (C=O) groups is 1. The topological polar surface area (TPSA) is 75.0 Å². The zero-order valence-electron chi connectivity index (χ0n) is 16.8. The van der Waals surface area contributed by atoms with E-state index in [1.165, 1.54) is 0 Å². The number of nitrogens with one attached hydrogen (secondary N) is 1. The van der Waals surface area contributed by atoms with Crippen LogP contribution in [0.5, 0.6) is 0 Å². The average molecular weight is 362 g/mol. The van der Waals surface area contributed by atoms with E-state index in [0.717, 1.165) is 18.4 Å². The van der Waals surface area contributed by atoms with Crippen LogP contribution in [0.4, 0.5) is 16.6 Å². The van der Waals surface area contributed by atoms with Crippen LogP contribution in [0.15, 0.2) is 18.3 Å². The normalized spacial score (nSPS) is 11.7. The maximum Gasteiger partial charge on any atom is 0.426 e. The summed E-state index contributed by atoms with van der Waals surface area (Å²) in [6.07, 6.45) is 3.34. The Bertz CT molecular complexity index is 748. The monoisotopic (exact) mass is 362 g/mol. The van der Waals surface area contributed by atoms with Crippen molar-refractivity contribution in [2.45, 2.75) is 59.1 Å². The molecule has 2 rings (SSSR count). The van der Waals surface area contributed by atoms with Gasteiger partial charge in [0.05, 0.1) is 0 Å². The highest BCUT2D eigenvalue weighted by Crippen LogP contribution is 2.22. The minimum atomic E-state index is -0.568. The molecule has 2 aromatic heterocycles. The molecule has 0 aliphatic carbocycles. The van der Waals surface area contributed by atoms with Gasteiger partial charge in [-0.3, -0.25) is 5.01 Å². The van der Waals surface area contributed by atoms with Crippen molar-refractivity contribution in [2.24, 2.45) is 0 Å². The lowest BCUT2D eigenvalue weighted by atomic mass is 10.1. The zero-order valence-corrected chi connectivity index (χ0v) is 16.8. The second-order valence-electron chi connectivity index (χ2n) is 7.33. The van der Waals surface area contributed by atoms with Gasteiger partial charge in [0.2, 0.25) is 5.95 Å². The SMILES string of the molecule is CCC(CC)N(C)c1nc(N(C)NC(=O)OC(C)(C)C)c2cccn2n1. The van der Waals surface area contributed by atoms with Crippen LogP contribution in [0, 0.1) is 0 Å². The number of carbonyl (C=O) groups excluding carboxylic acids is 1. The van der Waals surface area contributed by atoms with Gasteiger partial charge < -0.3 is 9.64 Å². The number of ether oxygens (including phenoxy) is 1. The van der Waals surface area contributed by atoms with Crippen LogP contribution in [0.2, 0.25) is 0 Å². The van der Waals surface area contributed by atoms with Gasteiger partial charge in [-0.25, -0.2) is 14.7 Å². The van der Waals surface area contributed by atoms with Crippen LogP contribution < -0.4 is 15.3 Å². The van der Waals surface area contributed by atoms with E-state index in [2.05, 4.69) is 34.3 Å². The number of rotatable bonds is 6. The molecule has 1 N–H and O–H groups in total. The first-order valence-electron chi connectivity index (χ1n) is 8.97. The van der Waals surface area contributed by atoms with Gasteiger partial charge in [-0.1, -0.05) is 13.8 Å². The molecule has 144 valence electrons. The number of hydrogen-bond donors (Lipinski definition) is 1. The molecule has 0 fully saturated rings. The molecule has 26 heavy (non-hydrogen) atoms. The third-order valence-electron chi connectivity index (χ3n) is 4.14. The lowest BCUT2D eigenvalue weighted by Gasteiger charge is -2.28. The number of anilines is 2. The Hall–Kier alpha value is -2.51. The molecule has 0 aliphatic rings. The highest BCUT2D eigenvalue weighted by molar-refractivity contribution is 5.75. The maximum atomic E-state index is 12.1. The molecule has 0 aromatic carbocycles. The molecule has 0 aliphatic heterocycles. The Labute approximate surface area is 155 Å². The summed E-state index contributed by atoms with van der Waals surface area (Å²) in [5.74, 6) is 1.21. The number of amides is 1. The molecule has 0 saturated carbocycles. The largest absolute Gasteiger partial charge is 0.443 e. The van der Waals surface area contributed by atoms with Gasteiger partial charge in [0.1, 0.15) is 11.1 Å². The van der Waals surface area contributed by atoms with Gasteiger partial charge in [0.15, 0.2) is 5.82 Å². The van der Waals surface area contributed by atoms with E-state index >= 15 is 0 Å². The summed E-state index contributed by atoms with van der Waals surface area (Å²) in [6.45, 7) is 9.77. The highest BCUT2D eigenvalue weighted by atomic mass is 16.6. The Morgan fingerprint density at radius 1 is 1.31 bits per heavy atom. The fraction of sp³-hybridized carbons (Fsp3) is 0.611.